The summed E-state index contributed by atoms with van der Waals surface area (Å²) < 4.78 is 0. The zero-order valence-corrected chi connectivity index (χ0v) is 15.3. The highest BCUT2D eigenvalue weighted by Crippen LogP contribution is 2.43. The van der Waals surface area contributed by atoms with Gasteiger partial charge in [-0.2, -0.15) is 5.11 Å². The van der Waals surface area contributed by atoms with E-state index >= 15 is 0 Å². The molecule has 4 N–H and O–H groups in total. The van der Waals surface area contributed by atoms with Crippen LogP contribution in [-0.2, 0) is 0 Å². The van der Waals surface area contributed by atoms with E-state index in [9.17, 15) is 9.90 Å². The van der Waals surface area contributed by atoms with E-state index in [-0.39, 0.29) is 17.0 Å². The van der Waals surface area contributed by atoms with Gasteiger partial charge in [-0.25, -0.2) is 0 Å². The minimum atomic E-state index is -0.196. The predicted molar refractivity (Wildman–Crippen MR) is 115 cm³/mol. The number of aromatic hydroxyl groups is 1. The summed E-state index contributed by atoms with van der Waals surface area (Å²) >= 11 is 0. The summed E-state index contributed by atoms with van der Waals surface area (Å²) in [6, 6.07) is 20.5. The van der Waals surface area contributed by atoms with Crippen LogP contribution in [0.5, 0.6) is 5.75 Å². The van der Waals surface area contributed by atoms with Crippen molar-refractivity contribution in [3.05, 3.63) is 72.3 Å². The molecule has 0 fully saturated rings. The molecule has 0 bridgehead atoms. The van der Waals surface area contributed by atoms with Crippen molar-refractivity contribution in [2.45, 2.75) is 0 Å². The molecule has 29 heavy (non-hydrogen) atoms. The number of aromatic nitrogens is 1. The van der Waals surface area contributed by atoms with E-state index in [0.29, 0.717) is 23.0 Å². The number of nitrogens with two attached hydrogens (primary N) is 1. The Balaban J connectivity index is 1.84. The smallest absolute Gasteiger partial charge is 0.154 e. The topological polar surface area (TPSA) is 104 Å². The molecular weight excluding hydrogens is 364 g/mol. The maximum Gasteiger partial charge on any atom is 0.154 e. The molecule has 0 unspecified atom stereocenters. The van der Waals surface area contributed by atoms with E-state index in [4.69, 9.17) is 5.73 Å². The van der Waals surface area contributed by atoms with Crippen LogP contribution in [0.4, 0.5) is 17.1 Å². The number of nitrogens with one attached hydrogen (secondary N) is 1. The van der Waals surface area contributed by atoms with Crippen LogP contribution >= 0.6 is 0 Å². The lowest BCUT2D eigenvalue weighted by atomic mass is 10.0. The van der Waals surface area contributed by atoms with Gasteiger partial charge in [-0.1, -0.05) is 30.3 Å². The number of fused-ring (bicyclic) bond motifs is 5. The van der Waals surface area contributed by atoms with E-state index in [1.54, 1.807) is 30.3 Å². The number of phenols is 1. The van der Waals surface area contributed by atoms with Gasteiger partial charge < -0.3 is 15.8 Å². The van der Waals surface area contributed by atoms with Crippen LogP contribution in [0.15, 0.2) is 77.0 Å². The Morgan fingerprint density at radius 3 is 2.52 bits per heavy atom. The molecule has 140 valence electrons. The first-order chi connectivity index (χ1) is 14.2. The summed E-state index contributed by atoms with van der Waals surface area (Å²) in [4.78, 5) is 14.9. The van der Waals surface area contributed by atoms with E-state index in [0.717, 1.165) is 27.2 Å². The lowest BCUT2D eigenvalue weighted by molar-refractivity contribution is 0.112. The number of nitrogen functional groups attached to an aromatic ring is 1. The van der Waals surface area contributed by atoms with Crippen LogP contribution in [0, 0.1) is 0 Å². The van der Waals surface area contributed by atoms with Crippen LogP contribution in [-0.4, -0.2) is 16.4 Å². The number of nitrogens with zero attached hydrogens (tertiary/aromatic N) is 2. The number of benzene rings is 4. The third kappa shape index (κ3) is 2.70. The maximum absolute atomic E-state index is 11.5. The SMILES string of the molecule is Nc1ccc(N=Nc2c(O)c(C=O)cc3ccc4c5ccccc5[nH]c4c23)cc1. The fourth-order valence-corrected chi connectivity index (χ4v) is 3.64. The number of phenolic OH excluding ortho intramolecular Hbond substituents is 1. The number of para-hydroxylation sites is 1. The van der Waals surface area contributed by atoms with Gasteiger partial charge >= 0.3 is 0 Å². The molecule has 0 radical (unpaired) electrons. The minimum Gasteiger partial charge on any atom is -0.505 e. The fourth-order valence-electron chi connectivity index (χ4n) is 3.64. The second kappa shape index (κ2) is 6.45. The largest absolute Gasteiger partial charge is 0.505 e. The van der Waals surface area contributed by atoms with Gasteiger partial charge in [-0.15, -0.1) is 5.11 Å². The number of H-pyrrole nitrogens is 1. The zero-order valence-electron chi connectivity index (χ0n) is 15.3. The second-order valence-electron chi connectivity index (χ2n) is 6.83. The lowest BCUT2D eigenvalue weighted by Gasteiger charge is -2.08. The maximum atomic E-state index is 11.5. The molecule has 5 rings (SSSR count). The highest BCUT2D eigenvalue weighted by atomic mass is 16.3. The number of carbonyl (C=O) groups excluding carboxylic acids is 1. The number of carbonyl (C=O) groups is 1. The summed E-state index contributed by atoms with van der Waals surface area (Å²) in [5, 5.41) is 22.9. The average molecular weight is 380 g/mol. The summed E-state index contributed by atoms with van der Waals surface area (Å²) in [6.45, 7) is 0. The van der Waals surface area contributed by atoms with Gasteiger partial charge in [-0.3, -0.25) is 4.79 Å². The van der Waals surface area contributed by atoms with Gasteiger partial charge in [0.05, 0.1) is 16.8 Å². The van der Waals surface area contributed by atoms with Gasteiger partial charge in [0.25, 0.3) is 0 Å². The molecule has 6 nitrogen and oxygen atoms in total. The van der Waals surface area contributed by atoms with Crippen LogP contribution in [0.1, 0.15) is 10.4 Å². The number of anilines is 1. The van der Waals surface area contributed by atoms with Crippen molar-refractivity contribution in [3.8, 4) is 5.75 Å². The second-order valence-corrected chi connectivity index (χ2v) is 6.83. The number of azo groups is 1. The summed E-state index contributed by atoms with van der Waals surface area (Å²) in [5.74, 6) is -0.196. The molecule has 1 aromatic heterocycles. The van der Waals surface area contributed by atoms with Gasteiger partial charge in [0.1, 0.15) is 5.69 Å². The normalized spacial score (nSPS) is 11.7. The molecular formula is C23H16N4O2. The average Bonchev–Trinajstić information content (AvgIpc) is 3.12. The third-order valence-electron chi connectivity index (χ3n) is 5.05. The summed E-state index contributed by atoms with van der Waals surface area (Å²) in [7, 11) is 0. The molecule has 0 aliphatic rings. The molecule has 6 heteroatoms. The lowest BCUT2D eigenvalue weighted by Crippen LogP contribution is -1.86. The first-order valence-corrected chi connectivity index (χ1v) is 9.07. The Hall–Kier alpha value is -4.19. The third-order valence-corrected chi connectivity index (χ3v) is 5.05. The van der Waals surface area contributed by atoms with Crippen LogP contribution in [0.25, 0.3) is 32.6 Å². The van der Waals surface area contributed by atoms with Gasteiger partial charge in [-0.05, 0) is 41.8 Å². The number of hydrogen-bond acceptors (Lipinski definition) is 5. The predicted octanol–water partition coefficient (Wildman–Crippen LogP) is 5.99. The van der Waals surface area contributed by atoms with E-state index in [1.807, 2.05) is 36.4 Å². The molecule has 0 aliphatic carbocycles. The van der Waals surface area contributed by atoms with E-state index < -0.39 is 0 Å². The Labute approximate surface area is 165 Å². The molecule has 0 amide bonds. The molecule has 0 saturated carbocycles. The van der Waals surface area contributed by atoms with Gasteiger partial charge in [0.2, 0.25) is 0 Å². The molecule has 0 atom stereocenters. The quantitative estimate of drug-likeness (QED) is 0.203. The molecule has 0 aliphatic heterocycles. The first kappa shape index (κ1) is 16.9. The summed E-state index contributed by atoms with van der Waals surface area (Å²) in [5.41, 5.74) is 9.16. The van der Waals surface area contributed by atoms with E-state index in [2.05, 4.69) is 15.2 Å². The standard InChI is InChI=1S/C23H16N4O2/c24-15-6-8-16(9-7-15)26-27-22-20-13(11-14(12-28)23(22)29)5-10-18-17-3-1-2-4-19(17)25-21(18)20/h1-12,25,29H,24H2. The van der Waals surface area contributed by atoms with Crippen molar-refractivity contribution in [2.24, 2.45) is 10.2 Å². The Morgan fingerprint density at radius 1 is 0.931 bits per heavy atom. The fraction of sp³-hybridized carbons (Fsp3) is 0. The van der Waals surface area contributed by atoms with Gasteiger partial charge in [0, 0.05) is 27.4 Å². The number of rotatable bonds is 3. The van der Waals surface area contributed by atoms with Crippen LogP contribution in [0.3, 0.4) is 0 Å². The first-order valence-electron chi connectivity index (χ1n) is 9.07. The van der Waals surface area contributed by atoms with Crippen molar-refractivity contribution in [2.75, 3.05) is 5.73 Å². The Bertz CT molecular complexity index is 1430. The number of hydrogen-bond donors (Lipinski definition) is 3. The Kier molecular flexibility index (Phi) is 3.77. The molecule has 5 aromatic rings. The zero-order chi connectivity index (χ0) is 20.0. The number of aldehydes is 1. The summed E-state index contributed by atoms with van der Waals surface area (Å²) in [6.07, 6.45) is 0.617. The Morgan fingerprint density at radius 2 is 1.72 bits per heavy atom. The minimum absolute atomic E-state index is 0.166. The van der Waals surface area contributed by atoms with Crippen molar-refractivity contribution in [1.82, 2.24) is 4.98 Å². The van der Waals surface area contributed by atoms with Crippen LogP contribution in [0.2, 0.25) is 0 Å². The van der Waals surface area contributed by atoms with Crippen molar-refractivity contribution < 1.29 is 9.90 Å². The highest BCUT2D eigenvalue weighted by molar-refractivity contribution is 6.21. The molecule has 1 heterocycles. The number of aromatic amines is 1. The van der Waals surface area contributed by atoms with Crippen molar-refractivity contribution >= 4 is 55.9 Å². The monoisotopic (exact) mass is 380 g/mol. The van der Waals surface area contributed by atoms with Crippen molar-refractivity contribution in [3.63, 3.8) is 0 Å². The van der Waals surface area contributed by atoms with E-state index in [1.165, 1.54) is 0 Å². The van der Waals surface area contributed by atoms with Gasteiger partial charge in [0.15, 0.2) is 12.0 Å². The molecule has 0 saturated heterocycles. The molecule has 4 aromatic carbocycles. The van der Waals surface area contributed by atoms with Crippen molar-refractivity contribution in [1.29, 1.82) is 0 Å². The molecule has 0 spiro atoms. The van der Waals surface area contributed by atoms with Crippen LogP contribution < -0.4 is 5.73 Å². The highest BCUT2D eigenvalue weighted by Gasteiger charge is 2.17.